The lowest BCUT2D eigenvalue weighted by atomic mass is 10.3. The van der Waals surface area contributed by atoms with Crippen molar-refractivity contribution in [1.82, 2.24) is 9.80 Å². The lowest BCUT2D eigenvalue weighted by Gasteiger charge is -2.29. The Balaban J connectivity index is 4.53. The first-order valence-electron chi connectivity index (χ1n) is 6.18. The summed E-state index contributed by atoms with van der Waals surface area (Å²) in [5, 5.41) is 17.2. The highest BCUT2D eigenvalue weighted by atomic mass is 16.5. The minimum absolute atomic E-state index is 0.0874. The van der Waals surface area contributed by atoms with E-state index in [1.54, 1.807) is 6.92 Å². The van der Waals surface area contributed by atoms with Crippen molar-refractivity contribution in [3.8, 4) is 6.07 Å². The third-order valence-electron chi connectivity index (χ3n) is 2.58. The van der Waals surface area contributed by atoms with E-state index in [2.05, 4.69) is 0 Å². The number of ether oxygens (including phenoxy) is 1. The highest BCUT2D eigenvalue weighted by Crippen LogP contribution is 2.02. The van der Waals surface area contributed by atoms with E-state index in [0.29, 0.717) is 26.2 Å². The standard InChI is InChI=1S/C12H21N3O4/c1-3-14(8-5-11(16)17)12(18)15(7-4-6-13)9-10-19-2/h3-5,7-10H2,1-2H3,(H,16,17). The Morgan fingerprint density at radius 2 is 1.95 bits per heavy atom. The minimum Gasteiger partial charge on any atom is -0.481 e. The number of carboxylic acids is 1. The van der Waals surface area contributed by atoms with Gasteiger partial charge in [-0.2, -0.15) is 5.26 Å². The summed E-state index contributed by atoms with van der Waals surface area (Å²) in [4.78, 5) is 25.7. The Morgan fingerprint density at radius 3 is 2.42 bits per heavy atom. The van der Waals surface area contributed by atoms with Crippen LogP contribution in [0.4, 0.5) is 4.79 Å². The molecular weight excluding hydrogens is 250 g/mol. The molecule has 19 heavy (non-hydrogen) atoms. The number of amides is 2. The summed E-state index contributed by atoms with van der Waals surface area (Å²) in [6.07, 6.45) is 0.155. The van der Waals surface area contributed by atoms with Crippen molar-refractivity contribution in [3.63, 3.8) is 0 Å². The Morgan fingerprint density at radius 1 is 1.26 bits per heavy atom. The second kappa shape index (κ2) is 10.1. The maximum atomic E-state index is 12.2. The van der Waals surface area contributed by atoms with E-state index in [1.807, 2.05) is 6.07 Å². The molecule has 0 radical (unpaired) electrons. The normalized spacial score (nSPS) is 9.74. The van der Waals surface area contributed by atoms with Crippen LogP contribution < -0.4 is 0 Å². The molecule has 0 aromatic heterocycles. The number of nitriles is 1. The number of rotatable bonds is 9. The lowest BCUT2D eigenvalue weighted by Crippen LogP contribution is -2.45. The molecule has 1 N–H and O–H groups in total. The smallest absolute Gasteiger partial charge is 0.320 e. The molecule has 0 spiro atoms. The van der Waals surface area contributed by atoms with Crippen molar-refractivity contribution in [1.29, 1.82) is 5.26 Å². The van der Waals surface area contributed by atoms with E-state index in [-0.39, 0.29) is 25.4 Å². The van der Waals surface area contributed by atoms with Gasteiger partial charge in [-0.15, -0.1) is 0 Å². The van der Waals surface area contributed by atoms with E-state index in [9.17, 15) is 9.59 Å². The monoisotopic (exact) mass is 271 g/mol. The minimum atomic E-state index is -0.938. The Labute approximate surface area is 113 Å². The first-order valence-corrected chi connectivity index (χ1v) is 6.18. The van der Waals surface area contributed by atoms with Gasteiger partial charge in [-0.05, 0) is 6.92 Å². The van der Waals surface area contributed by atoms with Gasteiger partial charge in [0.25, 0.3) is 0 Å². The van der Waals surface area contributed by atoms with E-state index in [0.717, 1.165) is 0 Å². The van der Waals surface area contributed by atoms with E-state index in [4.69, 9.17) is 15.1 Å². The van der Waals surface area contributed by atoms with Crippen LogP contribution in [-0.2, 0) is 9.53 Å². The van der Waals surface area contributed by atoms with Gasteiger partial charge in [0.15, 0.2) is 0 Å². The predicted molar refractivity (Wildman–Crippen MR) is 68.6 cm³/mol. The van der Waals surface area contributed by atoms with E-state index >= 15 is 0 Å². The zero-order chi connectivity index (χ0) is 14.7. The van der Waals surface area contributed by atoms with Gasteiger partial charge in [-0.3, -0.25) is 4.79 Å². The molecule has 0 bridgehead atoms. The van der Waals surface area contributed by atoms with Crippen LogP contribution in [0.1, 0.15) is 19.8 Å². The third-order valence-corrected chi connectivity index (χ3v) is 2.58. The summed E-state index contributed by atoms with van der Waals surface area (Å²) in [7, 11) is 1.54. The van der Waals surface area contributed by atoms with Crippen LogP contribution in [-0.4, -0.2) is 66.8 Å². The molecule has 0 saturated heterocycles. The van der Waals surface area contributed by atoms with Gasteiger partial charge >= 0.3 is 12.0 Å². The molecule has 0 aromatic carbocycles. The number of carbonyl (C=O) groups excluding carboxylic acids is 1. The van der Waals surface area contributed by atoms with Gasteiger partial charge in [0.2, 0.25) is 0 Å². The summed E-state index contributed by atoms with van der Waals surface area (Å²) in [6.45, 7) is 3.48. The molecule has 0 heterocycles. The largest absolute Gasteiger partial charge is 0.481 e. The van der Waals surface area contributed by atoms with Crippen molar-refractivity contribution in [2.24, 2.45) is 0 Å². The number of aliphatic carboxylic acids is 1. The van der Waals surface area contributed by atoms with Gasteiger partial charge in [0.05, 0.1) is 25.5 Å². The summed E-state index contributed by atoms with van der Waals surface area (Å²) >= 11 is 0. The average Bonchev–Trinajstić information content (AvgIpc) is 2.39. The predicted octanol–water partition coefficient (Wildman–Crippen LogP) is 0.765. The summed E-state index contributed by atoms with van der Waals surface area (Å²) < 4.78 is 4.92. The second-order valence-corrected chi connectivity index (χ2v) is 3.89. The Bertz CT molecular complexity index is 327. The van der Waals surface area contributed by atoms with Gasteiger partial charge in [0, 0.05) is 33.3 Å². The van der Waals surface area contributed by atoms with Crippen LogP contribution in [0.3, 0.4) is 0 Å². The van der Waals surface area contributed by atoms with Gasteiger partial charge in [-0.25, -0.2) is 4.79 Å². The summed E-state index contributed by atoms with van der Waals surface area (Å²) in [6, 6.07) is 1.74. The molecule has 0 fully saturated rings. The van der Waals surface area contributed by atoms with Crippen LogP contribution in [0.15, 0.2) is 0 Å². The topological polar surface area (TPSA) is 93.9 Å². The fourth-order valence-corrected chi connectivity index (χ4v) is 1.51. The zero-order valence-corrected chi connectivity index (χ0v) is 11.5. The number of carbonyl (C=O) groups is 2. The van der Waals surface area contributed by atoms with Crippen LogP contribution in [0.5, 0.6) is 0 Å². The maximum absolute atomic E-state index is 12.2. The van der Waals surface area contributed by atoms with Crippen molar-refractivity contribution in [2.75, 3.05) is 39.9 Å². The molecular formula is C12H21N3O4. The number of hydrogen-bond acceptors (Lipinski definition) is 4. The molecule has 2 amide bonds. The molecule has 0 aliphatic heterocycles. The van der Waals surface area contributed by atoms with Gasteiger partial charge in [-0.1, -0.05) is 0 Å². The highest BCUT2D eigenvalue weighted by molar-refractivity contribution is 5.75. The molecule has 0 rings (SSSR count). The fraction of sp³-hybridized carbons (Fsp3) is 0.750. The van der Waals surface area contributed by atoms with Crippen LogP contribution in [0, 0.1) is 11.3 Å². The van der Waals surface area contributed by atoms with Gasteiger partial charge < -0.3 is 19.6 Å². The molecule has 7 heteroatoms. The molecule has 0 aliphatic carbocycles. The number of urea groups is 1. The molecule has 108 valence electrons. The van der Waals surface area contributed by atoms with E-state index < -0.39 is 5.97 Å². The first-order chi connectivity index (χ1) is 9.06. The fourth-order valence-electron chi connectivity index (χ4n) is 1.51. The number of nitrogens with zero attached hydrogens (tertiary/aromatic N) is 3. The zero-order valence-electron chi connectivity index (χ0n) is 11.5. The SMILES string of the molecule is CCN(CCC(=O)O)C(=O)N(CCC#N)CCOC. The second-order valence-electron chi connectivity index (χ2n) is 3.89. The highest BCUT2D eigenvalue weighted by Gasteiger charge is 2.19. The molecule has 0 atom stereocenters. The molecule has 7 nitrogen and oxygen atoms in total. The molecule has 0 aromatic rings. The Hall–Kier alpha value is -1.81. The number of methoxy groups -OCH3 is 1. The van der Waals surface area contributed by atoms with Crippen molar-refractivity contribution < 1.29 is 19.4 Å². The van der Waals surface area contributed by atoms with Crippen molar-refractivity contribution >= 4 is 12.0 Å². The summed E-state index contributed by atoms with van der Waals surface area (Å²) in [5.41, 5.74) is 0. The Kier molecular flexibility index (Phi) is 9.18. The van der Waals surface area contributed by atoms with Crippen LogP contribution in [0.2, 0.25) is 0 Å². The molecule has 0 aliphatic rings. The van der Waals surface area contributed by atoms with Crippen LogP contribution >= 0.6 is 0 Å². The quantitative estimate of drug-likeness (QED) is 0.668. The average molecular weight is 271 g/mol. The maximum Gasteiger partial charge on any atom is 0.320 e. The number of carboxylic acid groups (broad SMARTS) is 1. The number of hydrogen-bond donors (Lipinski definition) is 1. The molecule has 0 saturated carbocycles. The van der Waals surface area contributed by atoms with E-state index in [1.165, 1.54) is 16.9 Å². The van der Waals surface area contributed by atoms with Gasteiger partial charge in [0.1, 0.15) is 0 Å². The van der Waals surface area contributed by atoms with Crippen molar-refractivity contribution in [2.45, 2.75) is 19.8 Å². The first kappa shape index (κ1) is 17.2. The van der Waals surface area contributed by atoms with Crippen LogP contribution in [0.25, 0.3) is 0 Å². The molecule has 0 unspecified atom stereocenters. The summed E-state index contributed by atoms with van der Waals surface area (Å²) in [5.74, 6) is -0.938. The lowest BCUT2D eigenvalue weighted by molar-refractivity contribution is -0.137. The van der Waals surface area contributed by atoms with Crippen molar-refractivity contribution in [3.05, 3.63) is 0 Å². The third kappa shape index (κ3) is 7.26.